The van der Waals surface area contributed by atoms with Gasteiger partial charge in [0.1, 0.15) is 0 Å². The van der Waals surface area contributed by atoms with Gasteiger partial charge in [0.2, 0.25) is 5.95 Å². The van der Waals surface area contributed by atoms with E-state index < -0.39 is 0 Å². The Hall–Kier alpha value is -0.880. The third-order valence-corrected chi connectivity index (χ3v) is 3.57. The molecule has 0 amide bonds. The van der Waals surface area contributed by atoms with Gasteiger partial charge < -0.3 is 9.80 Å². The number of nitrogens with one attached hydrogen (secondary N) is 1. The molecule has 1 fully saturated rings. The number of anilines is 1. The van der Waals surface area contributed by atoms with E-state index >= 15 is 0 Å². The van der Waals surface area contributed by atoms with Crippen LogP contribution in [0.25, 0.3) is 0 Å². The first-order valence-electron chi connectivity index (χ1n) is 7.05. The maximum absolute atomic E-state index is 5.37. The third kappa shape index (κ3) is 3.79. The highest BCUT2D eigenvalue weighted by molar-refractivity contribution is 7.71. The second kappa shape index (κ2) is 6.05. The van der Waals surface area contributed by atoms with Gasteiger partial charge in [-0.1, -0.05) is 13.8 Å². The lowest BCUT2D eigenvalue weighted by Crippen LogP contribution is -2.36. The zero-order valence-corrected chi connectivity index (χ0v) is 13.2. The van der Waals surface area contributed by atoms with Crippen LogP contribution in [0.4, 0.5) is 5.95 Å². The van der Waals surface area contributed by atoms with Gasteiger partial charge in [-0.15, -0.1) is 5.10 Å². The molecule has 1 saturated carbocycles. The molecule has 19 heavy (non-hydrogen) atoms. The van der Waals surface area contributed by atoms with Crippen LogP contribution in [-0.4, -0.2) is 53.4 Å². The van der Waals surface area contributed by atoms with Gasteiger partial charge >= 0.3 is 0 Å². The molecule has 5 nitrogen and oxygen atoms in total. The molecule has 0 atom stereocenters. The molecule has 6 heteroatoms. The molecule has 1 aliphatic carbocycles. The molecule has 0 aliphatic heterocycles. The fourth-order valence-corrected chi connectivity index (χ4v) is 2.49. The molecule has 0 aromatic carbocycles. The molecular weight excluding hydrogens is 258 g/mol. The Morgan fingerprint density at radius 2 is 2.05 bits per heavy atom. The SMILES string of the molecule is CC(C)CN(CCN(C)C)c1n[nH]c(=S)n1C1CC1. The van der Waals surface area contributed by atoms with Crippen molar-refractivity contribution in [3.8, 4) is 0 Å². The van der Waals surface area contributed by atoms with Crippen LogP contribution in [0.5, 0.6) is 0 Å². The van der Waals surface area contributed by atoms with Gasteiger partial charge in [-0.2, -0.15) is 0 Å². The highest BCUT2D eigenvalue weighted by Crippen LogP contribution is 2.37. The highest BCUT2D eigenvalue weighted by atomic mass is 32.1. The van der Waals surface area contributed by atoms with E-state index in [1.807, 2.05) is 0 Å². The number of aromatic amines is 1. The predicted octanol–water partition coefficient (Wildman–Crippen LogP) is 2.30. The molecule has 0 bridgehead atoms. The van der Waals surface area contributed by atoms with Crippen molar-refractivity contribution in [2.45, 2.75) is 32.7 Å². The number of hydrogen-bond acceptors (Lipinski definition) is 4. The summed E-state index contributed by atoms with van der Waals surface area (Å²) in [7, 11) is 4.21. The summed E-state index contributed by atoms with van der Waals surface area (Å²) in [5.74, 6) is 1.63. The number of aromatic nitrogens is 3. The van der Waals surface area contributed by atoms with Crippen LogP contribution in [-0.2, 0) is 0 Å². The molecule has 1 N–H and O–H groups in total. The Balaban J connectivity index is 2.19. The van der Waals surface area contributed by atoms with E-state index in [1.54, 1.807) is 0 Å². The molecule has 1 heterocycles. The first-order chi connectivity index (χ1) is 8.99. The summed E-state index contributed by atoms with van der Waals surface area (Å²) in [6, 6.07) is 0.565. The van der Waals surface area contributed by atoms with Crippen molar-refractivity contribution in [1.29, 1.82) is 0 Å². The van der Waals surface area contributed by atoms with Crippen LogP contribution in [0.1, 0.15) is 32.7 Å². The molecule has 1 aromatic rings. The van der Waals surface area contributed by atoms with Gasteiger partial charge in [-0.05, 0) is 45.1 Å². The number of H-pyrrole nitrogens is 1. The van der Waals surface area contributed by atoms with Gasteiger partial charge in [0, 0.05) is 25.7 Å². The zero-order chi connectivity index (χ0) is 14.0. The first kappa shape index (κ1) is 14.5. The quantitative estimate of drug-likeness (QED) is 0.780. The maximum atomic E-state index is 5.37. The first-order valence-corrected chi connectivity index (χ1v) is 7.46. The molecule has 0 unspecified atom stereocenters. The van der Waals surface area contributed by atoms with E-state index in [2.05, 4.69) is 52.5 Å². The molecule has 0 saturated heterocycles. The van der Waals surface area contributed by atoms with Gasteiger partial charge in [-0.3, -0.25) is 4.57 Å². The van der Waals surface area contributed by atoms with Crippen molar-refractivity contribution >= 4 is 18.2 Å². The van der Waals surface area contributed by atoms with Gasteiger partial charge in [0.15, 0.2) is 4.77 Å². The summed E-state index contributed by atoms with van der Waals surface area (Å²) in [4.78, 5) is 4.56. The van der Waals surface area contributed by atoms with E-state index in [0.717, 1.165) is 30.4 Å². The van der Waals surface area contributed by atoms with E-state index in [9.17, 15) is 0 Å². The fraction of sp³-hybridized carbons (Fsp3) is 0.846. The number of hydrogen-bond donors (Lipinski definition) is 1. The Labute approximate surface area is 120 Å². The molecule has 2 rings (SSSR count). The fourth-order valence-electron chi connectivity index (χ4n) is 2.22. The summed E-state index contributed by atoms with van der Waals surface area (Å²) in [5.41, 5.74) is 0. The maximum Gasteiger partial charge on any atom is 0.226 e. The van der Waals surface area contributed by atoms with E-state index in [0.29, 0.717) is 12.0 Å². The standard InChI is InChI=1S/C13H25N5S/c1-10(2)9-17(8-7-16(3)4)12-14-15-13(19)18(12)11-5-6-11/h10-11H,5-9H2,1-4H3,(H,15,19). The lowest BCUT2D eigenvalue weighted by Gasteiger charge is -2.27. The van der Waals surface area contributed by atoms with Crippen molar-refractivity contribution in [3.05, 3.63) is 4.77 Å². The zero-order valence-electron chi connectivity index (χ0n) is 12.4. The Bertz CT molecular complexity index is 458. The van der Waals surface area contributed by atoms with Crippen LogP contribution in [0.3, 0.4) is 0 Å². The van der Waals surface area contributed by atoms with Crippen LogP contribution < -0.4 is 4.90 Å². The molecule has 108 valence electrons. The van der Waals surface area contributed by atoms with Crippen molar-refractivity contribution in [3.63, 3.8) is 0 Å². The molecular formula is C13H25N5S. The third-order valence-electron chi connectivity index (χ3n) is 3.28. The summed E-state index contributed by atoms with van der Waals surface area (Å²) >= 11 is 5.37. The minimum Gasteiger partial charge on any atom is -0.339 e. The van der Waals surface area contributed by atoms with Crippen LogP contribution in [0.2, 0.25) is 0 Å². The second-order valence-electron chi connectivity index (χ2n) is 6.07. The molecule has 0 radical (unpaired) electrons. The average molecular weight is 283 g/mol. The van der Waals surface area contributed by atoms with Crippen molar-refractivity contribution < 1.29 is 0 Å². The normalized spacial score (nSPS) is 15.5. The summed E-state index contributed by atoms with van der Waals surface area (Å²) in [6.07, 6.45) is 2.45. The largest absolute Gasteiger partial charge is 0.339 e. The average Bonchev–Trinajstić information content (AvgIpc) is 3.07. The smallest absolute Gasteiger partial charge is 0.226 e. The Morgan fingerprint density at radius 3 is 2.58 bits per heavy atom. The lowest BCUT2D eigenvalue weighted by molar-refractivity contribution is 0.406. The number of rotatable bonds is 7. The summed E-state index contributed by atoms with van der Waals surface area (Å²) < 4.78 is 2.96. The van der Waals surface area contributed by atoms with Crippen molar-refractivity contribution in [2.24, 2.45) is 5.92 Å². The van der Waals surface area contributed by atoms with E-state index in [1.165, 1.54) is 12.8 Å². The minimum atomic E-state index is 0.565. The topological polar surface area (TPSA) is 40.1 Å². The second-order valence-corrected chi connectivity index (χ2v) is 6.46. The van der Waals surface area contributed by atoms with Gasteiger partial charge in [-0.25, -0.2) is 5.10 Å². The Morgan fingerprint density at radius 1 is 1.37 bits per heavy atom. The minimum absolute atomic E-state index is 0.565. The van der Waals surface area contributed by atoms with Crippen molar-refractivity contribution in [1.82, 2.24) is 19.7 Å². The van der Waals surface area contributed by atoms with Crippen molar-refractivity contribution in [2.75, 3.05) is 38.6 Å². The number of nitrogens with zero attached hydrogens (tertiary/aromatic N) is 4. The van der Waals surface area contributed by atoms with Gasteiger partial charge in [0.05, 0.1) is 0 Å². The predicted molar refractivity (Wildman–Crippen MR) is 81.3 cm³/mol. The Kier molecular flexibility index (Phi) is 4.62. The lowest BCUT2D eigenvalue weighted by atomic mass is 10.2. The summed E-state index contributed by atoms with van der Waals surface area (Å²) in [6.45, 7) is 7.51. The molecule has 1 aromatic heterocycles. The van der Waals surface area contributed by atoms with Gasteiger partial charge in [0.25, 0.3) is 0 Å². The van der Waals surface area contributed by atoms with Crippen LogP contribution >= 0.6 is 12.2 Å². The monoisotopic (exact) mass is 283 g/mol. The van der Waals surface area contributed by atoms with Crippen LogP contribution in [0, 0.1) is 10.7 Å². The van der Waals surface area contributed by atoms with E-state index in [-0.39, 0.29) is 0 Å². The van der Waals surface area contributed by atoms with E-state index in [4.69, 9.17) is 12.2 Å². The molecule has 0 spiro atoms. The number of likely N-dealkylation sites (N-methyl/N-ethyl adjacent to an activating group) is 1. The summed E-state index contributed by atoms with van der Waals surface area (Å²) in [5, 5.41) is 7.42. The molecule has 1 aliphatic rings. The highest BCUT2D eigenvalue weighted by Gasteiger charge is 2.29. The van der Waals surface area contributed by atoms with Crippen LogP contribution in [0.15, 0.2) is 0 Å².